The lowest BCUT2D eigenvalue weighted by Gasteiger charge is -2.12. The second kappa shape index (κ2) is 38.3. The molecule has 0 heterocycles. The molecule has 1 atom stereocenters. The van der Waals surface area contributed by atoms with Crippen LogP contribution in [0.2, 0.25) is 0 Å². The molecule has 0 saturated carbocycles. The third-order valence-electron chi connectivity index (χ3n) is 9.70. The molecular weight excluding hydrogens is 566 g/mol. The summed E-state index contributed by atoms with van der Waals surface area (Å²) in [5.74, 6) is -0.103. The Balaban J connectivity index is 3.37. The maximum Gasteiger partial charge on any atom is 0.236 e. The van der Waals surface area contributed by atoms with Gasteiger partial charge < -0.3 is 16.4 Å². The van der Waals surface area contributed by atoms with Gasteiger partial charge in [-0.25, -0.2) is 0 Å². The predicted octanol–water partition coefficient (Wildman–Crippen LogP) is 11.8. The average Bonchev–Trinajstić information content (AvgIpc) is 3.06. The molecule has 0 aromatic carbocycles. The highest BCUT2D eigenvalue weighted by atomic mass is 16.2. The quantitative estimate of drug-likeness (QED) is 0.0582. The van der Waals surface area contributed by atoms with Gasteiger partial charge in [0, 0.05) is 19.5 Å². The van der Waals surface area contributed by atoms with Crippen molar-refractivity contribution in [3.8, 4) is 0 Å². The largest absolute Gasteiger partial charge is 0.356 e. The highest BCUT2D eigenvalue weighted by Gasteiger charge is 2.14. The van der Waals surface area contributed by atoms with Crippen LogP contribution in [0.15, 0.2) is 0 Å². The Bertz CT molecular complexity index is 627. The Morgan fingerprint density at radius 3 is 0.978 bits per heavy atom. The number of carbonyl (C=O) groups excluding carboxylic acids is 2. The molecule has 0 rings (SSSR count). The highest BCUT2D eigenvalue weighted by molar-refractivity contribution is 5.82. The molecule has 0 aliphatic carbocycles. The smallest absolute Gasteiger partial charge is 0.236 e. The van der Waals surface area contributed by atoms with E-state index in [1.165, 1.54) is 186 Å². The van der Waals surface area contributed by atoms with Crippen molar-refractivity contribution >= 4 is 11.8 Å². The minimum Gasteiger partial charge on any atom is -0.356 e. The number of rotatable bonds is 38. The molecule has 0 radical (unpaired) electrons. The maximum atomic E-state index is 12.3. The van der Waals surface area contributed by atoms with E-state index in [1.807, 2.05) is 0 Å². The molecule has 274 valence electrons. The van der Waals surface area contributed by atoms with Crippen LogP contribution < -0.4 is 16.4 Å². The summed E-state index contributed by atoms with van der Waals surface area (Å²) in [6, 6.07) is -0.595. The number of hydrogen-bond acceptors (Lipinski definition) is 3. The Morgan fingerprint density at radius 1 is 0.413 bits per heavy atom. The minimum absolute atomic E-state index is 0.0158. The Kier molecular flexibility index (Phi) is 37.4. The van der Waals surface area contributed by atoms with Gasteiger partial charge in [-0.05, 0) is 19.3 Å². The lowest BCUT2D eigenvalue weighted by atomic mass is 10.0. The van der Waals surface area contributed by atoms with Crippen LogP contribution in [-0.2, 0) is 9.59 Å². The summed E-state index contributed by atoms with van der Waals surface area (Å²) in [5.41, 5.74) is 6.04. The van der Waals surface area contributed by atoms with E-state index in [9.17, 15) is 9.59 Å². The lowest BCUT2D eigenvalue weighted by molar-refractivity contribution is -0.123. The highest BCUT2D eigenvalue weighted by Crippen LogP contribution is 2.15. The van der Waals surface area contributed by atoms with Gasteiger partial charge in [-0.1, -0.05) is 206 Å². The van der Waals surface area contributed by atoms with Crippen LogP contribution in [0.25, 0.3) is 0 Å². The third-order valence-corrected chi connectivity index (χ3v) is 9.70. The van der Waals surface area contributed by atoms with E-state index in [4.69, 9.17) is 5.73 Å². The van der Waals surface area contributed by atoms with Crippen LogP contribution >= 0.6 is 0 Å². The number of carbonyl (C=O) groups is 2. The third kappa shape index (κ3) is 35.7. The van der Waals surface area contributed by atoms with Crippen molar-refractivity contribution in [3.63, 3.8) is 0 Å². The van der Waals surface area contributed by atoms with Gasteiger partial charge in [0.2, 0.25) is 11.8 Å². The predicted molar refractivity (Wildman–Crippen MR) is 202 cm³/mol. The average molecular weight is 650 g/mol. The van der Waals surface area contributed by atoms with Crippen LogP contribution in [0.4, 0.5) is 0 Å². The maximum absolute atomic E-state index is 12.3. The molecule has 0 bridgehead atoms. The molecule has 46 heavy (non-hydrogen) atoms. The van der Waals surface area contributed by atoms with Crippen molar-refractivity contribution < 1.29 is 9.59 Å². The van der Waals surface area contributed by atoms with E-state index in [0.29, 0.717) is 19.4 Å². The molecule has 5 nitrogen and oxygen atoms in total. The summed E-state index contributed by atoms with van der Waals surface area (Å²) in [5, 5.41) is 5.97. The van der Waals surface area contributed by atoms with Crippen LogP contribution in [0.5, 0.6) is 0 Å². The zero-order chi connectivity index (χ0) is 33.6. The number of hydrogen-bond donors (Lipinski definition) is 3. The fourth-order valence-corrected chi connectivity index (χ4v) is 6.42. The fourth-order valence-electron chi connectivity index (χ4n) is 6.42. The Hall–Kier alpha value is -1.10. The fraction of sp³-hybridized carbons (Fsp3) is 0.951. The Labute approximate surface area is 288 Å². The van der Waals surface area contributed by atoms with E-state index in [-0.39, 0.29) is 11.8 Å². The molecule has 0 saturated heterocycles. The van der Waals surface area contributed by atoms with Gasteiger partial charge in [0.1, 0.15) is 0 Å². The van der Waals surface area contributed by atoms with Crippen molar-refractivity contribution in [2.75, 3.05) is 13.1 Å². The van der Waals surface area contributed by atoms with Gasteiger partial charge >= 0.3 is 0 Å². The zero-order valence-corrected chi connectivity index (χ0v) is 31.4. The van der Waals surface area contributed by atoms with Gasteiger partial charge in [0.25, 0.3) is 0 Å². The topological polar surface area (TPSA) is 84.2 Å². The molecule has 0 fully saturated rings. The second-order valence-electron chi connectivity index (χ2n) is 14.4. The van der Waals surface area contributed by atoms with Crippen molar-refractivity contribution in [2.24, 2.45) is 5.73 Å². The summed E-state index contributed by atoms with van der Waals surface area (Å²) in [6.07, 6.45) is 43.9. The zero-order valence-electron chi connectivity index (χ0n) is 31.4. The van der Waals surface area contributed by atoms with Crippen LogP contribution in [0.3, 0.4) is 0 Å². The van der Waals surface area contributed by atoms with Crippen molar-refractivity contribution in [3.05, 3.63) is 0 Å². The van der Waals surface area contributed by atoms with Gasteiger partial charge in [-0.15, -0.1) is 0 Å². The van der Waals surface area contributed by atoms with E-state index in [1.54, 1.807) is 0 Å². The first-order chi connectivity index (χ1) is 22.6. The molecule has 0 aromatic rings. The van der Waals surface area contributed by atoms with E-state index in [0.717, 1.165) is 25.8 Å². The van der Waals surface area contributed by atoms with E-state index in [2.05, 4.69) is 24.5 Å². The normalized spacial score (nSPS) is 12.0. The summed E-state index contributed by atoms with van der Waals surface area (Å²) in [7, 11) is 0. The Morgan fingerprint density at radius 2 is 0.674 bits per heavy atom. The number of unbranched alkanes of at least 4 members (excludes halogenated alkanes) is 30. The van der Waals surface area contributed by atoms with Crippen molar-refractivity contribution in [1.29, 1.82) is 0 Å². The van der Waals surface area contributed by atoms with Gasteiger partial charge in [-0.3, -0.25) is 9.59 Å². The minimum atomic E-state index is -0.595. The molecule has 0 aliphatic heterocycles. The molecule has 0 aliphatic rings. The van der Waals surface area contributed by atoms with Gasteiger partial charge in [-0.2, -0.15) is 0 Å². The summed E-state index contributed by atoms with van der Waals surface area (Å²) >= 11 is 0. The number of nitrogens with two attached hydrogens (primary N) is 1. The first-order valence-electron chi connectivity index (χ1n) is 20.9. The van der Waals surface area contributed by atoms with Crippen LogP contribution in [0, 0.1) is 0 Å². The first kappa shape index (κ1) is 44.9. The molecule has 4 N–H and O–H groups in total. The van der Waals surface area contributed by atoms with Crippen molar-refractivity contribution in [2.45, 2.75) is 238 Å². The van der Waals surface area contributed by atoms with Crippen LogP contribution in [-0.4, -0.2) is 30.9 Å². The summed E-state index contributed by atoms with van der Waals surface area (Å²) in [6.45, 7) is 5.99. The molecule has 5 heteroatoms. The summed E-state index contributed by atoms with van der Waals surface area (Å²) < 4.78 is 0. The molecule has 2 amide bonds. The number of nitrogens with one attached hydrogen (secondary N) is 2. The van der Waals surface area contributed by atoms with Crippen LogP contribution in [0.1, 0.15) is 232 Å². The molecular formula is C41H83N3O2. The lowest BCUT2D eigenvalue weighted by Crippen LogP contribution is -2.41. The van der Waals surface area contributed by atoms with Crippen molar-refractivity contribution in [1.82, 2.24) is 10.6 Å². The monoisotopic (exact) mass is 650 g/mol. The van der Waals surface area contributed by atoms with Gasteiger partial charge in [0.15, 0.2) is 0 Å². The van der Waals surface area contributed by atoms with Gasteiger partial charge in [0.05, 0.1) is 6.04 Å². The molecule has 0 spiro atoms. The van der Waals surface area contributed by atoms with E-state index < -0.39 is 6.04 Å². The molecule has 0 aromatic heterocycles. The second-order valence-corrected chi connectivity index (χ2v) is 14.4. The number of amides is 2. The first-order valence-corrected chi connectivity index (χ1v) is 20.9. The molecule has 0 unspecified atom stereocenters. The SMILES string of the molecule is CCCCCCCCCCCCCCCCCCNC(=O)CC[C@H](N)C(=O)NCCCCCCCCCCCCCCCCCC. The van der Waals surface area contributed by atoms with E-state index >= 15 is 0 Å². The standard InChI is InChI=1S/C41H83N3O2/c1-3-5-7-9-11-13-15-17-19-21-23-25-27-29-31-33-37-43-40(45)36-35-39(42)41(46)44-38-34-32-30-28-26-24-22-20-18-16-14-12-10-8-6-4-2/h39H,3-38,42H2,1-2H3,(H,43,45)(H,44,46)/t39-/m0/s1. The summed E-state index contributed by atoms with van der Waals surface area (Å²) in [4.78, 5) is 24.4.